The minimum atomic E-state index is -0.351. The van der Waals surface area contributed by atoms with E-state index in [0.717, 1.165) is 19.5 Å². The third kappa shape index (κ3) is 4.10. The minimum absolute atomic E-state index is 0.152. The molecule has 2 N–H and O–H groups in total. The van der Waals surface area contributed by atoms with Gasteiger partial charge >= 0.3 is 0 Å². The average molecular weight is 228 g/mol. The Hall–Kier alpha value is -0.610. The zero-order valence-electron chi connectivity index (χ0n) is 10.6. The zero-order valence-corrected chi connectivity index (χ0v) is 10.6. The van der Waals surface area contributed by atoms with Gasteiger partial charge in [0.05, 0.1) is 6.10 Å². The number of carbonyl (C=O) groups excluding carboxylic acids is 1. The lowest BCUT2D eigenvalue weighted by Crippen LogP contribution is -2.46. The largest absolute Gasteiger partial charge is 0.391 e. The second-order valence-corrected chi connectivity index (χ2v) is 5.03. The highest BCUT2D eigenvalue weighted by molar-refractivity contribution is 5.76. The molecule has 94 valence electrons. The van der Waals surface area contributed by atoms with Gasteiger partial charge in [0, 0.05) is 32.1 Å². The molecule has 0 aromatic rings. The Morgan fingerprint density at radius 1 is 1.56 bits per heavy atom. The quantitative estimate of drug-likeness (QED) is 0.741. The summed E-state index contributed by atoms with van der Waals surface area (Å²) in [6, 6.07) is 0.416. The van der Waals surface area contributed by atoms with Crippen LogP contribution in [0.25, 0.3) is 0 Å². The van der Waals surface area contributed by atoms with Gasteiger partial charge in [-0.25, -0.2) is 0 Å². The van der Waals surface area contributed by atoms with E-state index in [1.807, 2.05) is 6.92 Å². The number of rotatable bonds is 4. The number of β-amino-alcohol motifs (C(OH)–C–C–N with tert-alkyl or cyclic N) is 1. The van der Waals surface area contributed by atoms with Crippen LogP contribution in [-0.2, 0) is 4.79 Å². The van der Waals surface area contributed by atoms with Gasteiger partial charge in [-0.15, -0.1) is 0 Å². The highest BCUT2D eigenvalue weighted by atomic mass is 16.3. The maximum Gasteiger partial charge on any atom is 0.223 e. The molecule has 0 aromatic carbocycles. The Bertz CT molecular complexity index is 231. The zero-order chi connectivity index (χ0) is 12.1. The molecule has 2 unspecified atom stereocenters. The third-order valence-electron chi connectivity index (χ3n) is 3.16. The van der Waals surface area contributed by atoms with Crippen molar-refractivity contribution in [1.82, 2.24) is 10.2 Å². The van der Waals surface area contributed by atoms with Crippen molar-refractivity contribution in [3.63, 3.8) is 0 Å². The normalized spacial score (nSPS) is 26.2. The van der Waals surface area contributed by atoms with Gasteiger partial charge in [0.1, 0.15) is 0 Å². The number of nitrogens with one attached hydrogen (secondary N) is 1. The molecule has 1 saturated heterocycles. The maximum absolute atomic E-state index is 11.8. The van der Waals surface area contributed by atoms with E-state index in [1.165, 1.54) is 0 Å². The second-order valence-electron chi connectivity index (χ2n) is 5.03. The average Bonchev–Trinajstić information content (AvgIpc) is 2.21. The molecule has 0 saturated carbocycles. The Morgan fingerprint density at radius 2 is 2.25 bits per heavy atom. The topological polar surface area (TPSA) is 52.6 Å². The predicted molar refractivity (Wildman–Crippen MR) is 64.1 cm³/mol. The van der Waals surface area contributed by atoms with Gasteiger partial charge in [0.25, 0.3) is 0 Å². The molecular formula is C12H24N2O2. The summed E-state index contributed by atoms with van der Waals surface area (Å²) in [6.45, 7) is 8.18. The van der Waals surface area contributed by atoms with Crippen LogP contribution in [-0.4, -0.2) is 47.7 Å². The number of likely N-dealkylation sites (tertiary alicyclic amines) is 1. The van der Waals surface area contributed by atoms with E-state index in [2.05, 4.69) is 19.2 Å². The number of hydrogen-bond acceptors (Lipinski definition) is 3. The van der Waals surface area contributed by atoms with E-state index >= 15 is 0 Å². The molecule has 0 aromatic heterocycles. The van der Waals surface area contributed by atoms with Crippen molar-refractivity contribution in [2.24, 2.45) is 5.92 Å². The summed E-state index contributed by atoms with van der Waals surface area (Å²) in [4.78, 5) is 13.6. The first-order chi connectivity index (χ1) is 7.50. The van der Waals surface area contributed by atoms with E-state index in [-0.39, 0.29) is 12.0 Å². The number of piperidine rings is 1. The van der Waals surface area contributed by atoms with Crippen LogP contribution in [0.4, 0.5) is 0 Å². The van der Waals surface area contributed by atoms with Crippen LogP contribution in [0.1, 0.15) is 33.6 Å². The molecule has 1 aliphatic rings. The minimum Gasteiger partial charge on any atom is -0.391 e. The Labute approximate surface area is 98.0 Å². The van der Waals surface area contributed by atoms with Crippen molar-refractivity contribution in [2.75, 3.05) is 19.6 Å². The smallest absolute Gasteiger partial charge is 0.223 e. The van der Waals surface area contributed by atoms with Crippen molar-refractivity contribution < 1.29 is 9.90 Å². The predicted octanol–water partition coefficient (Wildman–Crippen LogP) is 0.604. The van der Waals surface area contributed by atoms with Crippen LogP contribution in [0.5, 0.6) is 0 Å². The summed E-state index contributed by atoms with van der Waals surface area (Å²) >= 11 is 0. The lowest BCUT2D eigenvalue weighted by molar-refractivity contribution is -0.135. The highest BCUT2D eigenvalue weighted by Gasteiger charge is 2.26. The van der Waals surface area contributed by atoms with Crippen molar-refractivity contribution in [3.05, 3.63) is 0 Å². The molecule has 1 heterocycles. The number of nitrogens with zero attached hydrogens (tertiary/aromatic N) is 1. The first-order valence-corrected chi connectivity index (χ1v) is 6.20. The SMILES string of the molecule is CC(C)NCCC(=O)N1CCC(C)C(O)C1. The van der Waals surface area contributed by atoms with Gasteiger partial charge in [-0.2, -0.15) is 0 Å². The standard InChI is InChI=1S/C12H24N2O2/c1-9(2)13-6-4-12(16)14-7-5-10(3)11(15)8-14/h9-11,13,15H,4-8H2,1-3H3. The van der Waals surface area contributed by atoms with Crippen LogP contribution in [0.2, 0.25) is 0 Å². The van der Waals surface area contributed by atoms with Crippen LogP contribution < -0.4 is 5.32 Å². The van der Waals surface area contributed by atoms with E-state index < -0.39 is 0 Å². The molecule has 2 atom stereocenters. The van der Waals surface area contributed by atoms with Crippen molar-refractivity contribution in [1.29, 1.82) is 0 Å². The van der Waals surface area contributed by atoms with Crippen molar-refractivity contribution in [2.45, 2.75) is 45.8 Å². The fourth-order valence-electron chi connectivity index (χ4n) is 1.90. The van der Waals surface area contributed by atoms with E-state index in [4.69, 9.17) is 0 Å². The summed E-state index contributed by atoms with van der Waals surface area (Å²) in [5.41, 5.74) is 0. The number of amides is 1. The van der Waals surface area contributed by atoms with Gasteiger partial charge in [0.15, 0.2) is 0 Å². The Kier molecular flexibility index (Phi) is 5.22. The summed E-state index contributed by atoms with van der Waals surface area (Å²) < 4.78 is 0. The lowest BCUT2D eigenvalue weighted by Gasteiger charge is -2.34. The molecule has 1 amide bonds. The summed E-state index contributed by atoms with van der Waals surface area (Å²) in [5.74, 6) is 0.469. The second kappa shape index (κ2) is 6.21. The summed E-state index contributed by atoms with van der Waals surface area (Å²) in [5, 5.41) is 12.9. The van der Waals surface area contributed by atoms with Crippen LogP contribution in [0, 0.1) is 5.92 Å². The lowest BCUT2D eigenvalue weighted by atomic mass is 9.96. The first kappa shape index (κ1) is 13.5. The first-order valence-electron chi connectivity index (χ1n) is 6.20. The van der Waals surface area contributed by atoms with E-state index in [9.17, 15) is 9.90 Å². The maximum atomic E-state index is 11.8. The van der Waals surface area contributed by atoms with Crippen molar-refractivity contribution >= 4 is 5.91 Å². The molecule has 16 heavy (non-hydrogen) atoms. The van der Waals surface area contributed by atoms with E-state index in [0.29, 0.717) is 24.9 Å². The van der Waals surface area contributed by atoms with Crippen molar-refractivity contribution in [3.8, 4) is 0 Å². The molecule has 0 bridgehead atoms. The molecule has 0 spiro atoms. The molecule has 1 fully saturated rings. The number of aliphatic hydroxyl groups excluding tert-OH is 1. The van der Waals surface area contributed by atoms with Gasteiger partial charge in [-0.1, -0.05) is 20.8 Å². The molecule has 0 aliphatic carbocycles. The van der Waals surface area contributed by atoms with Gasteiger partial charge in [-0.3, -0.25) is 4.79 Å². The number of carbonyl (C=O) groups is 1. The summed E-state index contributed by atoms with van der Waals surface area (Å²) in [7, 11) is 0. The fraction of sp³-hybridized carbons (Fsp3) is 0.917. The van der Waals surface area contributed by atoms with Gasteiger partial charge in [-0.05, 0) is 12.3 Å². The van der Waals surface area contributed by atoms with Crippen LogP contribution >= 0.6 is 0 Å². The molecule has 1 aliphatic heterocycles. The number of aliphatic hydroxyl groups is 1. The Morgan fingerprint density at radius 3 is 2.81 bits per heavy atom. The van der Waals surface area contributed by atoms with Crippen LogP contribution in [0.15, 0.2) is 0 Å². The Balaban J connectivity index is 2.26. The molecule has 1 rings (SSSR count). The summed E-state index contributed by atoms with van der Waals surface area (Å²) in [6.07, 6.45) is 1.08. The van der Waals surface area contributed by atoms with Gasteiger partial charge in [0.2, 0.25) is 5.91 Å². The third-order valence-corrected chi connectivity index (χ3v) is 3.16. The molecule has 0 radical (unpaired) electrons. The number of hydrogen-bond donors (Lipinski definition) is 2. The molecular weight excluding hydrogens is 204 g/mol. The van der Waals surface area contributed by atoms with Crippen LogP contribution in [0.3, 0.4) is 0 Å². The highest BCUT2D eigenvalue weighted by Crippen LogP contribution is 2.17. The van der Waals surface area contributed by atoms with E-state index in [1.54, 1.807) is 4.90 Å². The monoisotopic (exact) mass is 228 g/mol. The van der Waals surface area contributed by atoms with Gasteiger partial charge < -0.3 is 15.3 Å². The molecule has 4 nitrogen and oxygen atoms in total. The fourth-order valence-corrected chi connectivity index (χ4v) is 1.90. The molecule has 4 heteroatoms.